The smallest absolute Gasteiger partial charge is 0.399 e. The van der Waals surface area contributed by atoms with Gasteiger partial charge in [-0.2, -0.15) is 13.2 Å². The number of rotatable bonds is 2. The summed E-state index contributed by atoms with van der Waals surface area (Å²) in [6.45, 7) is 3.34. The molecule has 6 heteroatoms. The van der Waals surface area contributed by atoms with Crippen LogP contribution in [0.5, 0.6) is 0 Å². The molecule has 0 saturated carbocycles. The number of nitrogens with zero attached hydrogens (tertiary/aromatic N) is 1. The van der Waals surface area contributed by atoms with E-state index in [1.54, 1.807) is 4.90 Å². The molecule has 1 heterocycles. The van der Waals surface area contributed by atoms with E-state index in [0.717, 1.165) is 12.5 Å². The van der Waals surface area contributed by atoms with Crippen molar-refractivity contribution in [1.29, 1.82) is 0 Å². The van der Waals surface area contributed by atoms with Gasteiger partial charge in [0.05, 0.1) is 18.3 Å². The molecule has 0 bridgehead atoms. The molecule has 2 N–H and O–H groups in total. The van der Waals surface area contributed by atoms with Gasteiger partial charge < -0.3 is 15.4 Å². The summed E-state index contributed by atoms with van der Waals surface area (Å²) < 4.78 is 44.6. The average molecular weight is 274 g/mol. The van der Waals surface area contributed by atoms with Gasteiger partial charge in [-0.25, -0.2) is 0 Å². The van der Waals surface area contributed by atoms with Crippen LogP contribution in [0.1, 0.15) is 18.9 Å². The molecule has 3 nitrogen and oxygen atoms in total. The number of nitrogen functional groups attached to an aromatic ring is 1. The van der Waals surface area contributed by atoms with Crippen molar-refractivity contribution >= 4 is 11.4 Å². The molecule has 1 aliphatic heterocycles. The van der Waals surface area contributed by atoms with Crippen LogP contribution in [0.3, 0.4) is 0 Å². The normalized spacial score (nSPS) is 20.6. The van der Waals surface area contributed by atoms with E-state index in [0.29, 0.717) is 19.7 Å². The summed E-state index contributed by atoms with van der Waals surface area (Å²) in [5, 5.41) is 0. The topological polar surface area (TPSA) is 38.5 Å². The summed E-state index contributed by atoms with van der Waals surface area (Å²) in [6.07, 6.45) is -3.63. The number of nitrogens with two attached hydrogens (primary N) is 1. The second-order valence-corrected chi connectivity index (χ2v) is 4.62. The Morgan fingerprint density at radius 2 is 2.16 bits per heavy atom. The minimum absolute atomic E-state index is 0.0209. The fourth-order valence-corrected chi connectivity index (χ4v) is 2.24. The predicted molar refractivity (Wildman–Crippen MR) is 68.1 cm³/mol. The molecule has 0 aromatic heterocycles. The molecule has 1 aromatic carbocycles. The fourth-order valence-electron chi connectivity index (χ4n) is 2.24. The van der Waals surface area contributed by atoms with Gasteiger partial charge >= 0.3 is 6.18 Å². The third kappa shape index (κ3) is 3.12. The standard InChI is InChI=1S/C13H17F3N2O/c1-2-10-8-18(5-6-19-10)12-4-3-9(17)7-11(12)13(14,15)16/h3-4,7,10H,2,5-6,8,17H2,1H3. The van der Waals surface area contributed by atoms with Crippen molar-refractivity contribution in [3.05, 3.63) is 23.8 Å². The molecule has 0 radical (unpaired) electrons. The Bertz CT molecular complexity index is 448. The monoisotopic (exact) mass is 274 g/mol. The molecule has 1 fully saturated rings. The van der Waals surface area contributed by atoms with E-state index in [-0.39, 0.29) is 17.5 Å². The second-order valence-electron chi connectivity index (χ2n) is 4.62. The number of halogens is 3. The lowest BCUT2D eigenvalue weighted by Gasteiger charge is -2.35. The van der Waals surface area contributed by atoms with E-state index in [1.807, 2.05) is 6.92 Å². The highest BCUT2D eigenvalue weighted by molar-refractivity contribution is 5.61. The summed E-state index contributed by atoms with van der Waals surface area (Å²) in [6, 6.07) is 3.93. The van der Waals surface area contributed by atoms with E-state index in [1.165, 1.54) is 12.1 Å². The fraction of sp³-hybridized carbons (Fsp3) is 0.538. The van der Waals surface area contributed by atoms with E-state index >= 15 is 0 Å². The maximum atomic E-state index is 13.0. The first kappa shape index (κ1) is 14.0. The van der Waals surface area contributed by atoms with Crippen LogP contribution in [0.4, 0.5) is 24.5 Å². The number of hydrogen-bond acceptors (Lipinski definition) is 3. The Morgan fingerprint density at radius 1 is 1.42 bits per heavy atom. The first-order chi connectivity index (χ1) is 8.91. The average Bonchev–Trinajstić information content (AvgIpc) is 2.37. The predicted octanol–water partition coefficient (Wildman–Crippen LogP) is 2.90. The van der Waals surface area contributed by atoms with Crippen LogP contribution in [-0.2, 0) is 10.9 Å². The molecule has 1 aliphatic rings. The highest BCUT2D eigenvalue weighted by Crippen LogP contribution is 2.38. The highest BCUT2D eigenvalue weighted by Gasteiger charge is 2.36. The maximum absolute atomic E-state index is 13.0. The first-order valence-electron chi connectivity index (χ1n) is 6.25. The molecule has 0 aliphatic carbocycles. The van der Waals surface area contributed by atoms with Crippen molar-refractivity contribution in [2.24, 2.45) is 0 Å². The number of alkyl halides is 3. The van der Waals surface area contributed by atoms with E-state index < -0.39 is 11.7 Å². The molecule has 0 amide bonds. The summed E-state index contributed by atoms with van der Waals surface area (Å²) in [5.74, 6) is 0. The zero-order chi connectivity index (χ0) is 14.0. The zero-order valence-corrected chi connectivity index (χ0v) is 10.7. The van der Waals surface area contributed by atoms with Crippen LogP contribution >= 0.6 is 0 Å². The molecular formula is C13H17F3N2O. The summed E-state index contributed by atoms with van der Waals surface area (Å²) in [4.78, 5) is 1.72. The maximum Gasteiger partial charge on any atom is 0.418 e. The van der Waals surface area contributed by atoms with Crippen molar-refractivity contribution in [3.8, 4) is 0 Å². The molecule has 1 atom stereocenters. The lowest BCUT2D eigenvalue weighted by Crippen LogP contribution is -2.43. The zero-order valence-electron chi connectivity index (χ0n) is 10.7. The van der Waals surface area contributed by atoms with Crippen LogP contribution in [0.2, 0.25) is 0 Å². The Kier molecular flexibility index (Phi) is 3.89. The first-order valence-corrected chi connectivity index (χ1v) is 6.25. The van der Waals surface area contributed by atoms with Crippen LogP contribution in [-0.4, -0.2) is 25.8 Å². The second kappa shape index (κ2) is 5.28. The van der Waals surface area contributed by atoms with E-state index in [2.05, 4.69) is 0 Å². The van der Waals surface area contributed by atoms with Crippen LogP contribution < -0.4 is 10.6 Å². The number of morpholine rings is 1. The van der Waals surface area contributed by atoms with Crippen molar-refractivity contribution in [2.75, 3.05) is 30.3 Å². The number of ether oxygens (including phenoxy) is 1. The van der Waals surface area contributed by atoms with Gasteiger partial charge in [0.2, 0.25) is 0 Å². The van der Waals surface area contributed by atoms with Crippen molar-refractivity contribution < 1.29 is 17.9 Å². The van der Waals surface area contributed by atoms with E-state index in [4.69, 9.17) is 10.5 Å². The Labute approximate surface area is 110 Å². The number of anilines is 2. The summed E-state index contributed by atoms with van der Waals surface area (Å²) in [7, 11) is 0. The van der Waals surface area contributed by atoms with Gasteiger partial charge in [-0.05, 0) is 24.6 Å². The van der Waals surface area contributed by atoms with Gasteiger partial charge in [-0.3, -0.25) is 0 Å². The quantitative estimate of drug-likeness (QED) is 0.843. The van der Waals surface area contributed by atoms with Crippen molar-refractivity contribution in [1.82, 2.24) is 0 Å². The van der Waals surface area contributed by atoms with E-state index in [9.17, 15) is 13.2 Å². The van der Waals surface area contributed by atoms with Gasteiger partial charge in [-0.15, -0.1) is 0 Å². The molecule has 0 spiro atoms. The lowest BCUT2D eigenvalue weighted by molar-refractivity contribution is -0.137. The van der Waals surface area contributed by atoms with Crippen LogP contribution in [0.15, 0.2) is 18.2 Å². The molecule has 2 rings (SSSR count). The third-order valence-electron chi connectivity index (χ3n) is 3.26. The van der Waals surface area contributed by atoms with Gasteiger partial charge in [0.15, 0.2) is 0 Å². The highest BCUT2D eigenvalue weighted by atomic mass is 19.4. The number of benzene rings is 1. The Balaban J connectivity index is 2.33. The molecule has 106 valence electrons. The minimum Gasteiger partial charge on any atom is -0.399 e. The Hall–Kier alpha value is -1.43. The van der Waals surface area contributed by atoms with Gasteiger partial charge in [0.25, 0.3) is 0 Å². The third-order valence-corrected chi connectivity index (χ3v) is 3.26. The lowest BCUT2D eigenvalue weighted by atomic mass is 10.1. The van der Waals surface area contributed by atoms with Crippen LogP contribution in [0.25, 0.3) is 0 Å². The van der Waals surface area contributed by atoms with Crippen molar-refractivity contribution in [3.63, 3.8) is 0 Å². The van der Waals surface area contributed by atoms with Gasteiger partial charge in [0.1, 0.15) is 0 Å². The Morgan fingerprint density at radius 3 is 2.79 bits per heavy atom. The minimum atomic E-state index is -4.40. The van der Waals surface area contributed by atoms with Gasteiger partial charge in [-0.1, -0.05) is 6.92 Å². The van der Waals surface area contributed by atoms with Gasteiger partial charge in [0, 0.05) is 24.5 Å². The summed E-state index contributed by atoms with van der Waals surface area (Å²) >= 11 is 0. The number of hydrogen-bond donors (Lipinski definition) is 1. The molecular weight excluding hydrogens is 257 g/mol. The molecule has 1 aromatic rings. The molecule has 1 saturated heterocycles. The molecule has 1 unspecified atom stereocenters. The SMILES string of the molecule is CCC1CN(c2ccc(N)cc2C(F)(F)F)CCO1. The molecule has 19 heavy (non-hydrogen) atoms. The summed E-state index contributed by atoms with van der Waals surface area (Å²) in [5.41, 5.74) is 5.09. The van der Waals surface area contributed by atoms with Crippen LogP contribution in [0, 0.1) is 0 Å². The van der Waals surface area contributed by atoms with Crippen molar-refractivity contribution in [2.45, 2.75) is 25.6 Å². The largest absolute Gasteiger partial charge is 0.418 e.